The molecular formula is C13H22N4O. The third-order valence-corrected chi connectivity index (χ3v) is 3.56. The van der Waals surface area contributed by atoms with E-state index in [9.17, 15) is 4.79 Å². The number of nitrogens with one attached hydrogen (secondary N) is 1. The zero-order valence-electron chi connectivity index (χ0n) is 11.4. The lowest BCUT2D eigenvalue weighted by molar-refractivity contribution is -0.135. The van der Waals surface area contributed by atoms with Crippen molar-refractivity contribution in [1.82, 2.24) is 20.0 Å². The first-order valence-electron chi connectivity index (χ1n) is 6.56. The summed E-state index contributed by atoms with van der Waals surface area (Å²) in [6, 6.07) is -0.274. The van der Waals surface area contributed by atoms with E-state index in [1.165, 1.54) is 6.42 Å². The molecule has 1 aliphatic heterocycles. The first-order chi connectivity index (χ1) is 8.61. The average molecular weight is 250 g/mol. The molecule has 0 bridgehead atoms. The Morgan fingerprint density at radius 2 is 2.39 bits per heavy atom. The van der Waals surface area contributed by atoms with Crippen LogP contribution in [0.5, 0.6) is 0 Å². The van der Waals surface area contributed by atoms with Crippen LogP contribution in [-0.4, -0.2) is 40.7 Å². The minimum atomic E-state index is -0.274. The number of aromatic nitrogens is 2. The molecule has 1 fully saturated rings. The van der Waals surface area contributed by atoms with Gasteiger partial charge in [0.25, 0.3) is 0 Å². The second-order valence-corrected chi connectivity index (χ2v) is 5.20. The van der Waals surface area contributed by atoms with Crippen LogP contribution in [0.25, 0.3) is 0 Å². The number of likely N-dealkylation sites (N-methyl/N-ethyl adjacent to an activating group) is 1. The SMILES string of the molecule is CNC(C(=O)N1CCCC(C)C1)c1cnn(C)c1. The van der Waals surface area contributed by atoms with Gasteiger partial charge in [0.1, 0.15) is 6.04 Å². The Labute approximate surface area is 108 Å². The van der Waals surface area contributed by atoms with Crippen molar-refractivity contribution in [2.24, 2.45) is 13.0 Å². The van der Waals surface area contributed by atoms with E-state index in [0.29, 0.717) is 5.92 Å². The molecule has 2 unspecified atom stereocenters. The van der Waals surface area contributed by atoms with E-state index in [2.05, 4.69) is 17.3 Å². The summed E-state index contributed by atoms with van der Waals surface area (Å²) in [5.74, 6) is 0.770. The first-order valence-corrected chi connectivity index (χ1v) is 6.56. The van der Waals surface area contributed by atoms with Crippen LogP contribution in [0.15, 0.2) is 12.4 Å². The number of likely N-dealkylation sites (tertiary alicyclic amines) is 1. The molecule has 0 aromatic carbocycles. The monoisotopic (exact) mass is 250 g/mol. The predicted molar refractivity (Wildman–Crippen MR) is 70.0 cm³/mol. The molecule has 18 heavy (non-hydrogen) atoms. The lowest BCUT2D eigenvalue weighted by Gasteiger charge is -2.33. The van der Waals surface area contributed by atoms with Crippen LogP contribution in [0.4, 0.5) is 0 Å². The van der Waals surface area contributed by atoms with Crippen LogP contribution in [0, 0.1) is 5.92 Å². The van der Waals surface area contributed by atoms with Gasteiger partial charge in [0.05, 0.1) is 6.20 Å². The zero-order chi connectivity index (χ0) is 13.1. The highest BCUT2D eigenvalue weighted by Crippen LogP contribution is 2.20. The summed E-state index contributed by atoms with van der Waals surface area (Å²) in [6.07, 6.45) is 5.98. The van der Waals surface area contributed by atoms with Gasteiger partial charge in [0, 0.05) is 31.9 Å². The van der Waals surface area contributed by atoms with Gasteiger partial charge in [0.2, 0.25) is 5.91 Å². The van der Waals surface area contributed by atoms with E-state index in [1.807, 2.05) is 25.2 Å². The standard InChI is InChI=1S/C13H22N4O/c1-10-5-4-6-17(8-10)13(18)12(14-2)11-7-15-16(3)9-11/h7,9-10,12,14H,4-6,8H2,1-3H3. The fraction of sp³-hybridized carbons (Fsp3) is 0.692. The van der Waals surface area contributed by atoms with E-state index >= 15 is 0 Å². The third-order valence-electron chi connectivity index (χ3n) is 3.56. The highest BCUT2D eigenvalue weighted by molar-refractivity contribution is 5.83. The number of hydrogen-bond donors (Lipinski definition) is 1. The number of carbonyl (C=O) groups is 1. The molecule has 5 nitrogen and oxygen atoms in total. The fourth-order valence-electron chi connectivity index (χ4n) is 2.59. The highest BCUT2D eigenvalue weighted by atomic mass is 16.2. The van der Waals surface area contributed by atoms with Crippen molar-refractivity contribution < 1.29 is 4.79 Å². The van der Waals surface area contributed by atoms with Crippen molar-refractivity contribution >= 4 is 5.91 Å². The molecule has 1 saturated heterocycles. The topological polar surface area (TPSA) is 50.2 Å². The van der Waals surface area contributed by atoms with Crippen LogP contribution in [0.1, 0.15) is 31.4 Å². The maximum absolute atomic E-state index is 12.5. The van der Waals surface area contributed by atoms with Gasteiger partial charge in [-0.1, -0.05) is 6.92 Å². The molecule has 2 atom stereocenters. The Kier molecular flexibility index (Phi) is 4.01. The summed E-state index contributed by atoms with van der Waals surface area (Å²) in [5.41, 5.74) is 0.934. The normalized spacial score (nSPS) is 21.9. The van der Waals surface area contributed by atoms with Crippen LogP contribution in [0.2, 0.25) is 0 Å². The number of hydrogen-bond acceptors (Lipinski definition) is 3. The number of piperidine rings is 1. The lowest BCUT2D eigenvalue weighted by atomic mass is 9.99. The van der Waals surface area contributed by atoms with Crippen molar-refractivity contribution in [3.8, 4) is 0 Å². The number of nitrogens with zero attached hydrogens (tertiary/aromatic N) is 3. The molecule has 1 N–H and O–H groups in total. The van der Waals surface area contributed by atoms with Crippen molar-refractivity contribution in [2.75, 3.05) is 20.1 Å². The minimum Gasteiger partial charge on any atom is -0.341 e. The summed E-state index contributed by atoms with van der Waals surface area (Å²) >= 11 is 0. The Balaban J connectivity index is 2.10. The zero-order valence-corrected chi connectivity index (χ0v) is 11.4. The number of aryl methyl sites for hydroxylation is 1. The van der Waals surface area contributed by atoms with Gasteiger partial charge >= 0.3 is 0 Å². The molecule has 2 rings (SSSR count). The van der Waals surface area contributed by atoms with Crippen molar-refractivity contribution in [2.45, 2.75) is 25.8 Å². The summed E-state index contributed by atoms with van der Waals surface area (Å²) in [4.78, 5) is 14.5. The molecule has 0 radical (unpaired) electrons. The van der Waals surface area contributed by atoms with Crippen molar-refractivity contribution in [3.63, 3.8) is 0 Å². The minimum absolute atomic E-state index is 0.164. The van der Waals surface area contributed by atoms with Gasteiger partial charge in [-0.2, -0.15) is 5.10 Å². The Morgan fingerprint density at radius 3 is 2.94 bits per heavy atom. The molecule has 0 spiro atoms. The molecule has 0 saturated carbocycles. The Morgan fingerprint density at radius 1 is 1.61 bits per heavy atom. The maximum atomic E-state index is 12.5. The second-order valence-electron chi connectivity index (χ2n) is 5.20. The van der Waals surface area contributed by atoms with E-state index in [4.69, 9.17) is 0 Å². The molecule has 1 amide bonds. The average Bonchev–Trinajstić information content (AvgIpc) is 2.76. The van der Waals surface area contributed by atoms with Crippen molar-refractivity contribution in [1.29, 1.82) is 0 Å². The Bertz CT molecular complexity index is 415. The molecule has 1 aromatic rings. The van der Waals surface area contributed by atoms with Crippen LogP contribution in [0.3, 0.4) is 0 Å². The molecule has 1 aromatic heterocycles. The molecule has 2 heterocycles. The van der Waals surface area contributed by atoms with Gasteiger partial charge in [-0.15, -0.1) is 0 Å². The summed E-state index contributed by atoms with van der Waals surface area (Å²) in [6.45, 7) is 3.96. The number of amides is 1. The number of carbonyl (C=O) groups excluding carboxylic acids is 1. The molecule has 100 valence electrons. The van der Waals surface area contributed by atoms with Gasteiger partial charge in [-0.05, 0) is 25.8 Å². The van der Waals surface area contributed by atoms with Crippen molar-refractivity contribution in [3.05, 3.63) is 18.0 Å². The van der Waals surface area contributed by atoms with Crippen LogP contribution < -0.4 is 5.32 Å². The van der Waals surface area contributed by atoms with E-state index < -0.39 is 0 Å². The molecule has 0 aliphatic carbocycles. The van der Waals surface area contributed by atoms with Gasteiger partial charge < -0.3 is 10.2 Å². The van der Waals surface area contributed by atoms with Gasteiger partial charge in [-0.25, -0.2) is 0 Å². The fourth-order valence-corrected chi connectivity index (χ4v) is 2.59. The predicted octanol–water partition coefficient (Wildman–Crippen LogP) is 0.939. The number of rotatable bonds is 3. The van der Waals surface area contributed by atoms with E-state index in [1.54, 1.807) is 10.9 Å². The third kappa shape index (κ3) is 2.72. The molecule has 1 aliphatic rings. The lowest BCUT2D eigenvalue weighted by Crippen LogP contribution is -2.44. The summed E-state index contributed by atoms with van der Waals surface area (Å²) < 4.78 is 1.73. The first kappa shape index (κ1) is 13.1. The van der Waals surface area contributed by atoms with Crippen LogP contribution >= 0.6 is 0 Å². The molecular weight excluding hydrogens is 228 g/mol. The van der Waals surface area contributed by atoms with Gasteiger partial charge in [-0.3, -0.25) is 9.48 Å². The molecule has 5 heteroatoms. The second kappa shape index (κ2) is 5.52. The van der Waals surface area contributed by atoms with Crippen LogP contribution in [-0.2, 0) is 11.8 Å². The Hall–Kier alpha value is -1.36. The highest BCUT2D eigenvalue weighted by Gasteiger charge is 2.28. The smallest absolute Gasteiger partial charge is 0.244 e. The largest absolute Gasteiger partial charge is 0.341 e. The van der Waals surface area contributed by atoms with E-state index in [0.717, 1.165) is 25.1 Å². The quantitative estimate of drug-likeness (QED) is 0.868. The van der Waals surface area contributed by atoms with E-state index in [-0.39, 0.29) is 11.9 Å². The summed E-state index contributed by atoms with van der Waals surface area (Å²) in [5, 5.41) is 7.23. The summed E-state index contributed by atoms with van der Waals surface area (Å²) in [7, 11) is 3.69. The maximum Gasteiger partial charge on any atom is 0.244 e. The van der Waals surface area contributed by atoms with Gasteiger partial charge in [0.15, 0.2) is 0 Å².